The lowest BCUT2D eigenvalue weighted by molar-refractivity contribution is -0.124. The molecular weight excluding hydrogens is 448 g/mol. The van der Waals surface area contributed by atoms with Gasteiger partial charge in [0.1, 0.15) is 11.5 Å². The second kappa shape index (κ2) is 9.65. The van der Waals surface area contributed by atoms with Gasteiger partial charge in [0.2, 0.25) is 0 Å². The van der Waals surface area contributed by atoms with E-state index in [1.165, 1.54) is 0 Å². The summed E-state index contributed by atoms with van der Waals surface area (Å²) in [5, 5.41) is 3.55. The molecule has 1 aliphatic carbocycles. The second-order valence-corrected chi connectivity index (χ2v) is 10.3. The molecule has 5 rings (SSSR count). The lowest BCUT2D eigenvalue weighted by atomic mass is 9.72. The third-order valence-corrected chi connectivity index (χ3v) is 6.81. The minimum absolute atomic E-state index is 0.119. The molecule has 1 N–H and O–H groups in total. The molecule has 2 atom stereocenters. The first-order chi connectivity index (χ1) is 17.4. The number of hydrogen-bond acceptors (Lipinski definition) is 4. The molecule has 0 unspecified atom stereocenters. The van der Waals surface area contributed by atoms with Crippen LogP contribution in [-0.4, -0.2) is 18.3 Å². The average molecular weight is 481 g/mol. The fraction of sp³-hybridized carbons (Fsp3) is 0.290. The Morgan fingerprint density at radius 3 is 2.56 bits per heavy atom. The van der Waals surface area contributed by atoms with E-state index in [4.69, 9.17) is 4.74 Å². The van der Waals surface area contributed by atoms with Crippen LogP contribution in [0.1, 0.15) is 55.6 Å². The van der Waals surface area contributed by atoms with E-state index in [2.05, 4.69) is 32.2 Å². The zero-order valence-electron chi connectivity index (χ0n) is 21.0. The van der Waals surface area contributed by atoms with E-state index in [1.807, 2.05) is 78.9 Å². The van der Waals surface area contributed by atoms with Gasteiger partial charge < -0.3 is 10.1 Å². The maximum absolute atomic E-state index is 14.2. The smallest absolute Gasteiger partial charge is 0.258 e. The number of carbonyl (C=O) groups excluding carboxylic acids is 2. The number of allylic oxidation sites excluding steroid dienone is 1. The summed E-state index contributed by atoms with van der Waals surface area (Å²) in [6.07, 6.45) is 3.47. The number of fused-ring (bicyclic) bond motifs is 2. The molecule has 1 heterocycles. The highest BCUT2D eigenvalue weighted by molar-refractivity contribution is 6.09. The minimum Gasteiger partial charge on any atom is -0.494 e. The average Bonchev–Trinajstić information content (AvgIpc) is 3.01. The Kier molecular flexibility index (Phi) is 6.40. The summed E-state index contributed by atoms with van der Waals surface area (Å²) in [6.45, 7) is 6.83. The van der Waals surface area contributed by atoms with Crippen molar-refractivity contribution in [3.05, 3.63) is 102 Å². The van der Waals surface area contributed by atoms with Gasteiger partial charge in [-0.05, 0) is 53.8 Å². The van der Waals surface area contributed by atoms with Crippen LogP contribution >= 0.6 is 0 Å². The number of hydrogen-bond donors (Lipinski definition) is 1. The molecule has 5 heteroatoms. The van der Waals surface area contributed by atoms with Crippen LogP contribution in [0.3, 0.4) is 0 Å². The monoisotopic (exact) mass is 480 g/mol. The summed E-state index contributed by atoms with van der Waals surface area (Å²) in [4.78, 5) is 29.8. The van der Waals surface area contributed by atoms with Gasteiger partial charge in [0.15, 0.2) is 0 Å². The van der Waals surface area contributed by atoms with Crippen molar-refractivity contribution in [2.75, 3.05) is 16.8 Å². The summed E-state index contributed by atoms with van der Waals surface area (Å²) in [5.41, 5.74) is 3.57. The first-order valence-electron chi connectivity index (χ1n) is 12.6. The Bertz CT molecular complexity index is 1310. The zero-order chi connectivity index (χ0) is 25.3. The van der Waals surface area contributed by atoms with Crippen molar-refractivity contribution in [1.29, 1.82) is 0 Å². The molecule has 2 aliphatic rings. The predicted octanol–water partition coefficient (Wildman–Crippen LogP) is 6.79. The number of para-hydroxylation sites is 2. The van der Waals surface area contributed by atoms with Crippen molar-refractivity contribution >= 4 is 23.1 Å². The van der Waals surface area contributed by atoms with Crippen LogP contribution in [0.4, 0.5) is 11.4 Å². The summed E-state index contributed by atoms with van der Waals surface area (Å²) >= 11 is 0. The Morgan fingerprint density at radius 1 is 1.03 bits per heavy atom. The lowest BCUT2D eigenvalue weighted by Gasteiger charge is -2.39. The molecule has 1 amide bonds. The van der Waals surface area contributed by atoms with Gasteiger partial charge in [0.05, 0.1) is 29.9 Å². The molecule has 0 saturated carbocycles. The zero-order valence-corrected chi connectivity index (χ0v) is 21.0. The van der Waals surface area contributed by atoms with Crippen molar-refractivity contribution in [1.82, 2.24) is 0 Å². The number of nitrogens with zero attached hydrogens (tertiary/aromatic N) is 1. The van der Waals surface area contributed by atoms with Gasteiger partial charge >= 0.3 is 0 Å². The molecule has 0 fully saturated rings. The van der Waals surface area contributed by atoms with Gasteiger partial charge in [-0.2, -0.15) is 0 Å². The van der Waals surface area contributed by atoms with E-state index in [0.29, 0.717) is 18.6 Å². The number of amides is 1. The number of benzene rings is 3. The van der Waals surface area contributed by atoms with Crippen LogP contribution in [0, 0.1) is 11.3 Å². The molecule has 36 heavy (non-hydrogen) atoms. The Labute approximate surface area is 212 Å². The highest BCUT2D eigenvalue weighted by Crippen LogP contribution is 2.49. The molecule has 0 saturated heterocycles. The molecule has 184 valence electrons. The lowest BCUT2D eigenvalue weighted by Crippen LogP contribution is -2.43. The fourth-order valence-corrected chi connectivity index (χ4v) is 5.30. The largest absolute Gasteiger partial charge is 0.494 e. The molecule has 0 aromatic heterocycles. The van der Waals surface area contributed by atoms with Crippen molar-refractivity contribution in [2.24, 2.45) is 11.3 Å². The third-order valence-electron chi connectivity index (χ3n) is 6.81. The van der Waals surface area contributed by atoms with Gasteiger partial charge in [-0.25, -0.2) is 0 Å². The van der Waals surface area contributed by atoms with Crippen LogP contribution in [0.25, 0.3) is 0 Å². The first kappa shape index (κ1) is 23.9. The van der Waals surface area contributed by atoms with Crippen molar-refractivity contribution in [2.45, 2.75) is 39.7 Å². The Hall–Kier alpha value is -3.86. The van der Waals surface area contributed by atoms with Crippen LogP contribution in [0.5, 0.6) is 5.75 Å². The number of carbonyl (C=O) groups is 2. The molecule has 0 bridgehead atoms. The number of anilines is 2. The second-order valence-electron chi connectivity index (χ2n) is 10.3. The molecule has 5 nitrogen and oxygen atoms in total. The summed E-state index contributed by atoms with van der Waals surface area (Å²) < 4.78 is 5.95. The highest BCUT2D eigenvalue weighted by atomic mass is 16.5. The number of rotatable bonds is 5. The Morgan fingerprint density at radius 2 is 1.78 bits per heavy atom. The standard InChI is InChI=1S/C31H32N2O3/c1-4-17-36-23-14-10-13-22(18-23)29-28-25(19-31(2,3)20-27(28)34)32-24-15-8-9-16-26(24)33(29)30(35)21-11-6-5-7-12-21/h5-16,18-19,28-29,32H,4,17,20H2,1-3H3/t28-,29+/m0/s1. The van der Waals surface area contributed by atoms with Crippen LogP contribution < -0.4 is 15.0 Å². The van der Waals surface area contributed by atoms with E-state index < -0.39 is 12.0 Å². The van der Waals surface area contributed by atoms with Gasteiger partial charge in [0, 0.05) is 17.7 Å². The number of Topliss-reactive ketones (excluding diaryl/α,β-unsaturated/α-hetero) is 1. The van der Waals surface area contributed by atoms with E-state index in [-0.39, 0.29) is 17.1 Å². The van der Waals surface area contributed by atoms with Gasteiger partial charge in [-0.1, -0.05) is 69.3 Å². The van der Waals surface area contributed by atoms with Crippen molar-refractivity contribution < 1.29 is 14.3 Å². The maximum atomic E-state index is 14.2. The van der Waals surface area contributed by atoms with E-state index in [9.17, 15) is 9.59 Å². The quantitative estimate of drug-likeness (QED) is 0.437. The van der Waals surface area contributed by atoms with E-state index in [0.717, 1.165) is 34.8 Å². The van der Waals surface area contributed by atoms with E-state index >= 15 is 0 Å². The van der Waals surface area contributed by atoms with E-state index in [1.54, 1.807) is 4.90 Å². The predicted molar refractivity (Wildman–Crippen MR) is 143 cm³/mol. The maximum Gasteiger partial charge on any atom is 0.258 e. The third kappa shape index (κ3) is 4.53. The highest BCUT2D eigenvalue weighted by Gasteiger charge is 2.46. The molecule has 3 aromatic rings. The number of ketones is 1. The molecular formula is C31H32N2O3. The fourth-order valence-electron chi connectivity index (χ4n) is 5.30. The van der Waals surface area contributed by atoms with Crippen LogP contribution in [-0.2, 0) is 4.79 Å². The number of nitrogens with one attached hydrogen (secondary N) is 1. The Balaban J connectivity index is 1.75. The van der Waals surface area contributed by atoms with Gasteiger partial charge in [-0.15, -0.1) is 0 Å². The molecule has 0 spiro atoms. The topological polar surface area (TPSA) is 58.6 Å². The summed E-state index contributed by atoms with van der Waals surface area (Å²) in [6, 6.07) is 24.4. The van der Waals surface area contributed by atoms with Crippen molar-refractivity contribution in [3.63, 3.8) is 0 Å². The normalized spacial score (nSPS) is 20.4. The van der Waals surface area contributed by atoms with Gasteiger partial charge in [-0.3, -0.25) is 14.5 Å². The first-order valence-corrected chi connectivity index (χ1v) is 12.6. The van der Waals surface area contributed by atoms with Crippen LogP contribution in [0.15, 0.2) is 90.6 Å². The molecule has 3 aromatic carbocycles. The molecule has 1 aliphatic heterocycles. The summed E-state index contributed by atoms with van der Waals surface area (Å²) in [7, 11) is 0. The number of ether oxygens (including phenoxy) is 1. The molecule has 0 radical (unpaired) electrons. The van der Waals surface area contributed by atoms with Gasteiger partial charge in [0.25, 0.3) is 5.91 Å². The SMILES string of the molecule is CCCOc1cccc([C@@H]2[C@@H]3C(=O)CC(C)(C)C=C3Nc3ccccc3N2C(=O)c2ccccc2)c1. The van der Waals surface area contributed by atoms with Crippen molar-refractivity contribution in [3.8, 4) is 5.75 Å². The summed E-state index contributed by atoms with van der Waals surface area (Å²) in [5.74, 6) is 0.183. The van der Waals surface area contributed by atoms with Crippen LogP contribution in [0.2, 0.25) is 0 Å². The minimum atomic E-state index is -0.533.